The summed E-state index contributed by atoms with van der Waals surface area (Å²) in [5.41, 5.74) is 0.966. The van der Waals surface area contributed by atoms with Gasteiger partial charge in [-0.05, 0) is 18.6 Å². The van der Waals surface area contributed by atoms with E-state index in [-0.39, 0.29) is 5.92 Å². The van der Waals surface area contributed by atoms with Crippen LogP contribution in [0, 0.1) is 11.3 Å². The van der Waals surface area contributed by atoms with E-state index < -0.39 is 0 Å². The summed E-state index contributed by atoms with van der Waals surface area (Å²) >= 11 is 0. The van der Waals surface area contributed by atoms with Crippen LogP contribution in [0.4, 0.5) is 5.82 Å². The molecule has 13 heavy (non-hydrogen) atoms. The molecule has 0 aliphatic heterocycles. The van der Waals surface area contributed by atoms with Gasteiger partial charge in [0.1, 0.15) is 5.82 Å². The number of nitrogens with zero attached hydrogens (tertiary/aromatic N) is 3. The third-order valence-electron chi connectivity index (χ3n) is 1.92. The first-order valence-electron chi connectivity index (χ1n) is 4.18. The minimum atomic E-state index is -0.0799. The molecule has 1 heterocycles. The fraction of sp³-hybridized carbons (Fsp3) is 0.400. The Balaban J connectivity index is 2.89. The lowest BCUT2D eigenvalue weighted by Gasteiger charge is -2.11. The molecule has 1 rings (SSSR count). The highest BCUT2D eigenvalue weighted by Gasteiger charge is 2.04. The number of pyridine rings is 1. The molecule has 0 aliphatic rings. The number of nitriles is 1. The fourth-order valence-electron chi connectivity index (χ4n) is 0.993. The van der Waals surface area contributed by atoms with Gasteiger partial charge in [0.2, 0.25) is 0 Å². The Morgan fingerprint density at radius 2 is 2.15 bits per heavy atom. The van der Waals surface area contributed by atoms with Crippen LogP contribution in [-0.2, 0) is 0 Å². The molecule has 0 N–H and O–H groups in total. The Bertz CT molecular complexity index is 308. The van der Waals surface area contributed by atoms with Gasteiger partial charge in [-0.15, -0.1) is 0 Å². The predicted molar refractivity (Wildman–Crippen MR) is 52.6 cm³/mol. The molecule has 3 nitrogen and oxygen atoms in total. The topological polar surface area (TPSA) is 39.9 Å². The highest BCUT2D eigenvalue weighted by atomic mass is 15.1. The fourth-order valence-corrected chi connectivity index (χ4v) is 0.993. The van der Waals surface area contributed by atoms with Gasteiger partial charge in [-0.25, -0.2) is 4.98 Å². The second kappa shape index (κ2) is 3.90. The Morgan fingerprint density at radius 1 is 1.46 bits per heavy atom. The summed E-state index contributed by atoms with van der Waals surface area (Å²) in [6, 6.07) is 6.04. The largest absolute Gasteiger partial charge is 0.363 e. The average Bonchev–Trinajstić information content (AvgIpc) is 2.17. The number of hydrogen-bond acceptors (Lipinski definition) is 3. The van der Waals surface area contributed by atoms with Crippen LogP contribution < -0.4 is 4.90 Å². The molecular formula is C10H13N3. The summed E-state index contributed by atoms with van der Waals surface area (Å²) in [5.74, 6) is 0.831. The van der Waals surface area contributed by atoms with Crippen molar-refractivity contribution in [2.24, 2.45) is 0 Å². The molecular weight excluding hydrogens is 162 g/mol. The van der Waals surface area contributed by atoms with Crippen LogP contribution in [0.25, 0.3) is 0 Å². The molecule has 0 saturated heterocycles. The molecule has 1 aromatic heterocycles. The number of rotatable bonds is 2. The van der Waals surface area contributed by atoms with E-state index in [0.717, 1.165) is 11.4 Å². The van der Waals surface area contributed by atoms with Gasteiger partial charge in [-0.3, -0.25) is 0 Å². The molecule has 0 spiro atoms. The summed E-state index contributed by atoms with van der Waals surface area (Å²) in [4.78, 5) is 6.15. The predicted octanol–water partition coefficient (Wildman–Crippen LogP) is 1.77. The van der Waals surface area contributed by atoms with E-state index in [1.807, 2.05) is 38.1 Å². The van der Waals surface area contributed by atoms with Crippen molar-refractivity contribution in [2.75, 3.05) is 19.0 Å². The monoisotopic (exact) mass is 175 g/mol. The standard InChI is InChI=1S/C10H13N3/c1-8(6-11)9-4-5-10(12-7-9)13(2)3/h4-5,7-8H,1-3H3. The van der Waals surface area contributed by atoms with Crippen LogP contribution in [-0.4, -0.2) is 19.1 Å². The lowest BCUT2D eigenvalue weighted by molar-refractivity contribution is 0.957. The van der Waals surface area contributed by atoms with Crippen molar-refractivity contribution in [3.05, 3.63) is 23.9 Å². The zero-order valence-corrected chi connectivity index (χ0v) is 8.15. The summed E-state index contributed by atoms with van der Waals surface area (Å²) in [6.07, 6.45) is 1.75. The van der Waals surface area contributed by atoms with Crippen LogP contribution in [0.2, 0.25) is 0 Å². The van der Waals surface area contributed by atoms with E-state index in [1.54, 1.807) is 6.20 Å². The van der Waals surface area contributed by atoms with E-state index >= 15 is 0 Å². The molecule has 0 amide bonds. The highest BCUT2D eigenvalue weighted by Crippen LogP contribution is 2.15. The van der Waals surface area contributed by atoms with Gasteiger partial charge < -0.3 is 4.90 Å². The third-order valence-corrected chi connectivity index (χ3v) is 1.92. The first-order valence-corrected chi connectivity index (χ1v) is 4.18. The van der Waals surface area contributed by atoms with Crippen molar-refractivity contribution in [1.82, 2.24) is 4.98 Å². The molecule has 0 fully saturated rings. The van der Waals surface area contributed by atoms with Gasteiger partial charge in [-0.1, -0.05) is 6.07 Å². The molecule has 0 aliphatic carbocycles. The van der Waals surface area contributed by atoms with Gasteiger partial charge in [0.15, 0.2) is 0 Å². The SMILES string of the molecule is CC(C#N)c1ccc(N(C)C)nc1. The van der Waals surface area contributed by atoms with Gasteiger partial charge in [0.25, 0.3) is 0 Å². The quantitative estimate of drug-likeness (QED) is 0.687. The second-order valence-electron chi connectivity index (χ2n) is 3.19. The van der Waals surface area contributed by atoms with Gasteiger partial charge in [-0.2, -0.15) is 5.26 Å². The lowest BCUT2D eigenvalue weighted by atomic mass is 10.1. The highest BCUT2D eigenvalue weighted by molar-refractivity contribution is 5.38. The third kappa shape index (κ3) is 2.19. The number of anilines is 1. The van der Waals surface area contributed by atoms with E-state index in [1.165, 1.54) is 0 Å². The Hall–Kier alpha value is -1.56. The molecule has 0 aromatic carbocycles. The molecule has 1 aromatic rings. The van der Waals surface area contributed by atoms with Crippen LogP contribution in [0.1, 0.15) is 18.4 Å². The van der Waals surface area contributed by atoms with Crippen LogP contribution in [0.15, 0.2) is 18.3 Å². The molecule has 0 bridgehead atoms. The summed E-state index contributed by atoms with van der Waals surface area (Å²) in [7, 11) is 3.88. The average molecular weight is 175 g/mol. The molecule has 1 unspecified atom stereocenters. The van der Waals surface area contributed by atoms with Crippen molar-refractivity contribution in [3.63, 3.8) is 0 Å². The normalized spacial score (nSPS) is 11.8. The molecule has 3 heteroatoms. The summed E-state index contributed by atoms with van der Waals surface area (Å²) in [5, 5.41) is 8.68. The molecule has 1 atom stereocenters. The van der Waals surface area contributed by atoms with E-state index in [4.69, 9.17) is 5.26 Å². The Labute approximate surface area is 78.6 Å². The molecule has 0 saturated carbocycles. The van der Waals surface area contributed by atoms with Crippen molar-refractivity contribution in [1.29, 1.82) is 5.26 Å². The van der Waals surface area contributed by atoms with E-state index in [2.05, 4.69) is 11.1 Å². The second-order valence-corrected chi connectivity index (χ2v) is 3.19. The maximum atomic E-state index is 8.68. The van der Waals surface area contributed by atoms with Crippen molar-refractivity contribution < 1.29 is 0 Å². The minimum Gasteiger partial charge on any atom is -0.363 e. The Kier molecular flexibility index (Phi) is 2.86. The summed E-state index contributed by atoms with van der Waals surface area (Å²) < 4.78 is 0. The van der Waals surface area contributed by atoms with Crippen LogP contribution in [0.5, 0.6) is 0 Å². The maximum Gasteiger partial charge on any atom is 0.127 e. The zero-order chi connectivity index (χ0) is 9.84. The lowest BCUT2D eigenvalue weighted by Crippen LogP contribution is -2.10. The molecule has 68 valence electrons. The van der Waals surface area contributed by atoms with E-state index in [0.29, 0.717) is 0 Å². The summed E-state index contributed by atoms with van der Waals surface area (Å²) in [6.45, 7) is 1.87. The minimum absolute atomic E-state index is 0.0799. The van der Waals surface area contributed by atoms with Crippen molar-refractivity contribution in [3.8, 4) is 6.07 Å². The van der Waals surface area contributed by atoms with Crippen LogP contribution in [0.3, 0.4) is 0 Å². The first-order chi connectivity index (χ1) is 6.15. The number of hydrogen-bond donors (Lipinski definition) is 0. The zero-order valence-electron chi connectivity index (χ0n) is 8.15. The molecule has 0 radical (unpaired) electrons. The first kappa shape index (κ1) is 9.53. The smallest absolute Gasteiger partial charge is 0.127 e. The van der Waals surface area contributed by atoms with E-state index in [9.17, 15) is 0 Å². The van der Waals surface area contributed by atoms with Crippen molar-refractivity contribution in [2.45, 2.75) is 12.8 Å². The van der Waals surface area contributed by atoms with Crippen molar-refractivity contribution >= 4 is 5.82 Å². The van der Waals surface area contributed by atoms with Gasteiger partial charge in [0.05, 0.1) is 12.0 Å². The maximum absolute atomic E-state index is 8.68. The van der Waals surface area contributed by atoms with Crippen LogP contribution >= 0.6 is 0 Å². The Morgan fingerprint density at radius 3 is 2.54 bits per heavy atom. The van der Waals surface area contributed by atoms with Gasteiger partial charge in [0, 0.05) is 20.3 Å². The number of aromatic nitrogens is 1. The van der Waals surface area contributed by atoms with Gasteiger partial charge >= 0.3 is 0 Å².